The van der Waals surface area contributed by atoms with E-state index in [9.17, 15) is 17.2 Å². The second-order valence-corrected chi connectivity index (χ2v) is 4.62. The summed E-state index contributed by atoms with van der Waals surface area (Å²) in [4.78, 5) is 0. The number of hydrogen-bond acceptors (Lipinski definition) is 2. The van der Waals surface area contributed by atoms with Crippen LogP contribution in [0.15, 0.2) is 0 Å². The molecule has 0 aliphatic heterocycles. The summed E-state index contributed by atoms with van der Waals surface area (Å²) in [7, 11) is -3.26. The van der Waals surface area contributed by atoms with Crippen LogP contribution < -0.4 is 0 Å². The summed E-state index contributed by atoms with van der Waals surface area (Å²) in [6, 6.07) is 0. The predicted octanol–water partition coefficient (Wildman–Crippen LogP) is 0.865. The zero-order valence-corrected chi connectivity index (χ0v) is 8.20. The molecule has 0 bridgehead atoms. The molecule has 0 saturated heterocycles. The van der Waals surface area contributed by atoms with Gasteiger partial charge in [0.1, 0.15) is 0 Å². The maximum Gasteiger partial charge on any atom is 0.350 e. The van der Waals surface area contributed by atoms with Crippen LogP contribution in [0, 0.1) is 0 Å². The van der Waals surface area contributed by atoms with Crippen molar-refractivity contribution in [2.75, 3.05) is 18.9 Å². The molecule has 11 heavy (non-hydrogen) atoms. The van der Waals surface area contributed by atoms with E-state index in [0.29, 0.717) is 9.64 Å². The van der Waals surface area contributed by atoms with E-state index in [1.807, 2.05) is 0 Å². The Labute approximate surface area is 72.6 Å². The van der Waals surface area contributed by atoms with Crippen LogP contribution >= 0.6 is 15.9 Å². The first-order valence-corrected chi connectivity index (χ1v) is 5.34. The number of halogens is 3. The zero-order valence-electron chi connectivity index (χ0n) is 5.80. The predicted molar refractivity (Wildman–Crippen MR) is 41.3 cm³/mol. The van der Waals surface area contributed by atoms with Crippen LogP contribution in [0.25, 0.3) is 0 Å². The summed E-state index contributed by atoms with van der Waals surface area (Å²) < 4.78 is 45.3. The average molecular weight is 252 g/mol. The standard InChI is InChI=1S/C4H8BrF2NO2S/c1-8(3-2-5)11(9,10)4(6)7/h4H,2-3H2,1H3. The quantitative estimate of drug-likeness (QED) is 0.696. The Morgan fingerprint density at radius 2 is 2.00 bits per heavy atom. The van der Waals surface area contributed by atoms with E-state index in [0.717, 1.165) is 7.05 Å². The number of nitrogens with zero attached hydrogens (tertiary/aromatic N) is 1. The van der Waals surface area contributed by atoms with Crippen molar-refractivity contribution in [3.05, 3.63) is 0 Å². The van der Waals surface area contributed by atoms with E-state index in [4.69, 9.17) is 0 Å². The second-order valence-electron chi connectivity index (χ2n) is 1.82. The fraction of sp³-hybridized carbons (Fsp3) is 1.00. The van der Waals surface area contributed by atoms with Gasteiger partial charge in [0.25, 0.3) is 10.0 Å². The first-order chi connectivity index (χ1) is 4.92. The molecule has 0 aliphatic carbocycles. The fourth-order valence-electron chi connectivity index (χ4n) is 0.382. The molecule has 3 nitrogen and oxygen atoms in total. The highest BCUT2D eigenvalue weighted by Gasteiger charge is 2.28. The highest BCUT2D eigenvalue weighted by molar-refractivity contribution is 9.09. The molecule has 0 aromatic heterocycles. The Morgan fingerprint density at radius 3 is 2.27 bits per heavy atom. The number of sulfonamides is 1. The third kappa shape index (κ3) is 3.00. The summed E-state index contributed by atoms with van der Waals surface area (Å²) in [6.45, 7) is 0.0483. The third-order valence-corrected chi connectivity index (χ3v) is 2.92. The van der Waals surface area contributed by atoms with Crippen molar-refractivity contribution in [2.24, 2.45) is 0 Å². The molecule has 68 valence electrons. The van der Waals surface area contributed by atoms with Gasteiger partial charge in [-0.25, -0.2) is 8.42 Å². The molecular weight excluding hydrogens is 244 g/mol. The molecule has 0 radical (unpaired) electrons. The lowest BCUT2D eigenvalue weighted by Crippen LogP contribution is -2.33. The number of rotatable bonds is 4. The number of hydrogen-bond donors (Lipinski definition) is 0. The van der Waals surface area contributed by atoms with Crippen molar-refractivity contribution in [3.8, 4) is 0 Å². The second kappa shape index (κ2) is 4.32. The Hall–Kier alpha value is 0.250. The lowest BCUT2D eigenvalue weighted by atomic mass is 10.8. The van der Waals surface area contributed by atoms with Gasteiger partial charge in [-0.1, -0.05) is 15.9 Å². The van der Waals surface area contributed by atoms with E-state index < -0.39 is 15.8 Å². The maximum atomic E-state index is 11.7. The van der Waals surface area contributed by atoms with E-state index in [1.165, 1.54) is 0 Å². The Kier molecular flexibility index (Phi) is 4.42. The van der Waals surface area contributed by atoms with Crippen LogP contribution in [-0.4, -0.2) is 37.4 Å². The van der Waals surface area contributed by atoms with Crippen molar-refractivity contribution >= 4 is 26.0 Å². The Balaban J connectivity index is 4.32. The molecule has 0 spiro atoms. The molecule has 0 unspecified atom stereocenters. The normalized spacial score (nSPS) is 12.9. The number of alkyl halides is 3. The monoisotopic (exact) mass is 251 g/mol. The Morgan fingerprint density at radius 1 is 1.55 bits per heavy atom. The van der Waals surface area contributed by atoms with Gasteiger partial charge in [-0.3, -0.25) is 0 Å². The first-order valence-electron chi connectivity index (χ1n) is 2.72. The van der Waals surface area contributed by atoms with Crippen LogP contribution in [0.5, 0.6) is 0 Å². The van der Waals surface area contributed by atoms with E-state index >= 15 is 0 Å². The van der Waals surface area contributed by atoms with Crippen LogP contribution in [0.1, 0.15) is 0 Å². The van der Waals surface area contributed by atoms with Crippen LogP contribution in [-0.2, 0) is 10.0 Å². The van der Waals surface area contributed by atoms with Crippen LogP contribution in [0.3, 0.4) is 0 Å². The molecule has 7 heteroatoms. The summed E-state index contributed by atoms with van der Waals surface area (Å²) in [5.41, 5.74) is 0. The van der Waals surface area contributed by atoms with Crippen LogP contribution in [0.4, 0.5) is 8.78 Å². The van der Waals surface area contributed by atoms with Gasteiger partial charge in [-0.15, -0.1) is 0 Å². The fourth-order valence-corrected chi connectivity index (χ4v) is 1.77. The van der Waals surface area contributed by atoms with Crippen LogP contribution in [0.2, 0.25) is 0 Å². The third-order valence-electron chi connectivity index (χ3n) is 1.06. The highest BCUT2D eigenvalue weighted by Crippen LogP contribution is 2.09. The minimum atomic E-state index is -4.37. The van der Waals surface area contributed by atoms with E-state index in [1.54, 1.807) is 0 Å². The summed E-state index contributed by atoms with van der Waals surface area (Å²) in [5, 5.41) is 0.343. The van der Waals surface area contributed by atoms with Crippen molar-refractivity contribution < 1.29 is 17.2 Å². The lowest BCUT2D eigenvalue weighted by Gasteiger charge is -2.13. The first kappa shape index (κ1) is 11.2. The van der Waals surface area contributed by atoms with Gasteiger partial charge in [-0.2, -0.15) is 13.1 Å². The molecule has 0 rings (SSSR count). The zero-order chi connectivity index (χ0) is 9.07. The van der Waals surface area contributed by atoms with Crippen molar-refractivity contribution in [2.45, 2.75) is 5.76 Å². The molecule has 0 saturated carbocycles. The molecule has 0 fully saturated rings. The maximum absolute atomic E-state index is 11.7. The van der Waals surface area contributed by atoms with Crippen molar-refractivity contribution in [3.63, 3.8) is 0 Å². The molecule has 0 N–H and O–H groups in total. The molecule has 0 atom stereocenters. The van der Waals surface area contributed by atoms with Gasteiger partial charge in [0.05, 0.1) is 0 Å². The van der Waals surface area contributed by atoms with E-state index in [-0.39, 0.29) is 6.54 Å². The molecular formula is C4H8BrF2NO2S. The molecule has 0 aromatic carbocycles. The van der Waals surface area contributed by atoms with Gasteiger partial charge in [0, 0.05) is 18.9 Å². The van der Waals surface area contributed by atoms with Gasteiger partial charge in [0.2, 0.25) is 0 Å². The van der Waals surface area contributed by atoms with Gasteiger partial charge in [0.15, 0.2) is 0 Å². The Bertz CT molecular complexity index is 206. The average Bonchev–Trinajstić information content (AvgIpc) is 1.88. The lowest BCUT2D eigenvalue weighted by molar-refractivity contribution is 0.223. The van der Waals surface area contributed by atoms with Crippen molar-refractivity contribution in [1.82, 2.24) is 4.31 Å². The SMILES string of the molecule is CN(CCBr)S(=O)(=O)C(F)F. The van der Waals surface area contributed by atoms with Gasteiger partial charge < -0.3 is 0 Å². The largest absolute Gasteiger partial charge is 0.350 e. The molecule has 0 amide bonds. The summed E-state index contributed by atoms with van der Waals surface area (Å²) >= 11 is 2.94. The minimum absolute atomic E-state index is 0.0483. The molecule has 0 aliphatic rings. The van der Waals surface area contributed by atoms with Gasteiger partial charge >= 0.3 is 5.76 Å². The highest BCUT2D eigenvalue weighted by atomic mass is 79.9. The minimum Gasteiger partial charge on any atom is -0.206 e. The van der Waals surface area contributed by atoms with E-state index in [2.05, 4.69) is 15.9 Å². The smallest absolute Gasteiger partial charge is 0.206 e. The summed E-state index contributed by atoms with van der Waals surface area (Å²) in [5.74, 6) is -3.33. The summed E-state index contributed by atoms with van der Waals surface area (Å²) in [6.07, 6.45) is 0. The van der Waals surface area contributed by atoms with Gasteiger partial charge in [-0.05, 0) is 0 Å². The topological polar surface area (TPSA) is 37.4 Å². The molecule has 0 aromatic rings. The van der Waals surface area contributed by atoms with Crippen molar-refractivity contribution in [1.29, 1.82) is 0 Å². The molecule has 0 heterocycles.